The van der Waals surface area contributed by atoms with Crippen LogP contribution in [0.4, 0.5) is 51.7 Å². The molecule has 6 aromatic rings. The lowest BCUT2D eigenvalue weighted by Gasteiger charge is -2.18. The Morgan fingerprint density at radius 1 is 0.500 bits per heavy atom. The van der Waals surface area contributed by atoms with Gasteiger partial charge in [0.05, 0.1) is 51.9 Å². The van der Waals surface area contributed by atoms with E-state index in [0.717, 1.165) is 51.2 Å². The summed E-state index contributed by atoms with van der Waals surface area (Å²) in [6, 6.07) is 25.7. The first kappa shape index (κ1) is 54.6. The maximum Gasteiger partial charge on any atom is 0.419 e. The van der Waals surface area contributed by atoms with Crippen molar-refractivity contribution in [2.24, 2.45) is 0 Å². The van der Waals surface area contributed by atoms with Crippen molar-refractivity contribution in [3.05, 3.63) is 173 Å². The average molecular weight is 1020 g/mol. The van der Waals surface area contributed by atoms with Gasteiger partial charge in [0.1, 0.15) is 0 Å². The fraction of sp³-hybridized carbons (Fsp3) is 0.235. The normalized spacial score (nSPS) is 10.9. The van der Waals surface area contributed by atoms with Gasteiger partial charge in [0.2, 0.25) is 0 Å². The molecule has 6 aromatic carbocycles. The lowest BCUT2D eigenvalue weighted by Crippen LogP contribution is -2.14. The summed E-state index contributed by atoms with van der Waals surface area (Å²) in [6.45, 7) is 10.9. The van der Waals surface area contributed by atoms with Gasteiger partial charge in [-0.15, -0.1) is 0 Å². The van der Waals surface area contributed by atoms with Gasteiger partial charge in [-0.05, 0) is 128 Å². The second kappa shape index (κ2) is 24.3. The summed E-state index contributed by atoms with van der Waals surface area (Å²) in [5.41, 5.74) is 7.63. The van der Waals surface area contributed by atoms with Crippen LogP contribution >= 0.6 is 46.4 Å². The summed E-state index contributed by atoms with van der Waals surface area (Å²) >= 11 is 24.6. The maximum atomic E-state index is 14.5. The lowest BCUT2D eigenvalue weighted by molar-refractivity contribution is -0.140. The Balaban J connectivity index is 0.000000223. The number of benzene rings is 6. The smallest absolute Gasteiger partial charge is 0.419 e. The minimum Gasteiger partial charge on any atom is -0.481 e. The van der Waals surface area contributed by atoms with Crippen molar-refractivity contribution in [2.45, 2.75) is 79.8 Å². The molecule has 0 aliphatic heterocycles. The molecular formula is C51H49Cl4F4N3O6. The predicted octanol–water partition coefficient (Wildman–Crippen LogP) is 15.3. The molecular weight excluding hydrogens is 968 g/mol. The molecule has 0 aromatic heterocycles. The fourth-order valence-electron chi connectivity index (χ4n) is 6.87. The minimum absolute atomic E-state index is 0.0413. The van der Waals surface area contributed by atoms with Gasteiger partial charge in [0.15, 0.2) is 5.82 Å². The maximum absolute atomic E-state index is 14.5. The third-order valence-corrected chi connectivity index (χ3v) is 12.3. The number of rotatable bonds is 14. The Labute approximate surface area is 412 Å². The number of nitrogens with one attached hydrogen (secondary N) is 3. The molecule has 0 aliphatic rings. The zero-order valence-electron chi connectivity index (χ0n) is 37.8. The minimum atomic E-state index is -4.82. The van der Waals surface area contributed by atoms with Crippen LogP contribution in [0.1, 0.15) is 69.5 Å². The van der Waals surface area contributed by atoms with Crippen LogP contribution in [0.3, 0.4) is 0 Å². The Morgan fingerprint density at radius 2 is 0.868 bits per heavy atom. The van der Waals surface area contributed by atoms with E-state index in [-0.39, 0.29) is 42.6 Å². The van der Waals surface area contributed by atoms with Crippen LogP contribution in [0, 0.1) is 33.5 Å². The Morgan fingerprint density at radius 3 is 1.25 bits per heavy atom. The zero-order chi connectivity index (χ0) is 50.6. The molecule has 0 unspecified atom stereocenters. The first-order chi connectivity index (χ1) is 31.9. The molecule has 360 valence electrons. The number of carboxylic acid groups (broad SMARTS) is 3. The molecule has 17 heteroatoms. The Kier molecular flexibility index (Phi) is 19.5. The van der Waals surface area contributed by atoms with E-state index < -0.39 is 35.5 Å². The number of halogens is 8. The first-order valence-corrected chi connectivity index (χ1v) is 22.5. The van der Waals surface area contributed by atoms with Gasteiger partial charge in [-0.3, -0.25) is 14.4 Å². The van der Waals surface area contributed by atoms with E-state index in [0.29, 0.717) is 42.6 Å². The van der Waals surface area contributed by atoms with E-state index in [1.165, 1.54) is 25.1 Å². The van der Waals surface area contributed by atoms with Crippen molar-refractivity contribution in [3.63, 3.8) is 0 Å². The second-order valence-corrected chi connectivity index (χ2v) is 17.2. The van der Waals surface area contributed by atoms with Crippen molar-refractivity contribution < 1.29 is 47.3 Å². The number of hydrogen-bond acceptors (Lipinski definition) is 6. The van der Waals surface area contributed by atoms with Crippen molar-refractivity contribution in [3.8, 4) is 0 Å². The number of aryl methyl sites for hydroxylation is 4. The van der Waals surface area contributed by atoms with Crippen molar-refractivity contribution in [1.82, 2.24) is 0 Å². The summed E-state index contributed by atoms with van der Waals surface area (Å²) < 4.78 is 54.0. The van der Waals surface area contributed by atoms with Gasteiger partial charge in [-0.25, -0.2) is 4.39 Å². The SMILES string of the molecule is CCc1ccc(Nc2ccc(C)cc2CC(=O)O)c(F)c1C(F)(F)F.CCc1ccc(Nc2ccc(Cl)c(C)c2Cl)c(CC(=O)O)c1.Cc1ccc(Nc2ccc(Cl)c(C)c2Cl)c(CC(=O)O)c1. The molecule has 0 saturated carbocycles. The van der Waals surface area contributed by atoms with Gasteiger partial charge >= 0.3 is 24.1 Å². The summed E-state index contributed by atoms with van der Waals surface area (Å²) in [5, 5.41) is 38.3. The topological polar surface area (TPSA) is 148 Å². The molecule has 0 heterocycles. The largest absolute Gasteiger partial charge is 0.481 e. The first-order valence-electron chi connectivity index (χ1n) is 21.0. The standard InChI is InChI=1S/C18H17F4NO2.C17H17Cl2NO2.C16H15Cl2NO2/c1-3-11-5-7-14(17(19)16(11)18(20,21)22)23-13-6-4-10(2)8-12(13)9-15(24)25;1-3-11-4-6-14(12(8-11)9-16(21)22)20-15-7-5-13(18)10(2)17(15)19;1-9-3-5-13(11(7-9)8-15(20)21)19-14-6-4-12(17)10(2)16(14)18/h4-8,23H,3,9H2,1-2H3,(H,24,25);4-8,20H,3,9H2,1-2H3,(H,21,22);3-7,19H,8H2,1-2H3,(H,20,21). The molecule has 0 atom stereocenters. The van der Waals surface area contributed by atoms with Crippen LogP contribution in [0.2, 0.25) is 20.1 Å². The number of carbonyl (C=O) groups is 3. The number of aliphatic carboxylic acids is 3. The van der Waals surface area contributed by atoms with Crippen LogP contribution in [0.15, 0.2) is 91.0 Å². The molecule has 68 heavy (non-hydrogen) atoms. The number of anilines is 6. The highest BCUT2D eigenvalue weighted by Crippen LogP contribution is 2.39. The fourth-order valence-corrected chi connectivity index (χ4v) is 7.71. The molecule has 0 amide bonds. The summed E-state index contributed by atoms with van der Waals surface area (Å²) in [4.78, 5) is 33.0. The third-order valence-electron chi connectivity index (χ3n) is 10.5. The molecule has 0 spiro atoms. The molecule has 9 nitrogen and oxygen atoms in total. The number of carboxylic acids is 3. The van der Waals surface area contributed by atoms with Gasteiger partial charge in [0.25, 0.3) is 0 Å². The second-order valence-electron chi connectivity index (χ2n) is 15.6. The quantitative estimate of drug-likeness (QED) is 0.0587. The van der Waals surface area contributed by atoms with E-state index in [1.54, 1.807) is 43.3 Å². The summed E-state index contributed by atoms with van der Waals surface area (Å²) in [5.74, 6) is -4.23. The zero-order valence-corrected chi connectivity index (χ0v) is 40.8. The van der Waals surface area contributed by atoms with Crippen LogP contribution in [0.5, 0.6) is 0 Å². The van der Waals surface area contributed by atoms with E-state index >= 15 is 0 Å². The van der Waals surface area contributed by atoms with Gasteiger partial charge in [-0.1, -0.05) is 114 Å². The number of alkyl halides is 3. The molecule has 6 rings (SSSR count). The summed E-state index contributed by atoms with van der Waals surface area (Å²) in [6.07, 6.45) is -4.34. The molecule has 6 N–H and O–H groups in total. The van der Waals surface area contributed by atoms with E-state index in [9.17, 15) is 31.9 Å². The molecule has 0 fully saturated rings. The molecule has 0 aliphatic carbocycles. The van der Waals surface area contributed by atoms with Crippen LogP contribution in [0.25, 0.3) is 0 Å². The van der Waals surface area contributed by atoms with Crippen LogP contribution < -0.4 is 16.0 Å². The van der Waals surface area contributed by atoms with E-state index in [4.69, 9.17) is 61.7 Å². The van der Waals surface area contributed by atoms with Gasteiger partial charge in [0, 0.05) is 27.1 Å². The van der Waals surface area contributed by atoms with Crippen molar-refractivity contribution in [1.29, 1.82) is 0 Å². The lowest BCUT2D eigenvalue weighted by atomic mass is 10.0. The van der Waals surface area contributed by atoms with E-state index in [2.05, 4.69) is 16.0 Å². The highest BCUT2D eigenvalue weighted by molar-refractivity contribution is 6.38. The molecule has 0 saturated heterocycles. The van der Waals surface area contributed by atoms with Crippen molar-refractivity contribution >= 4 is 98.4 Å². The molecule has 0 bridgehead atoms. The molecule has 0 radical (unpaired) electrons. The third kappa shape index (κ3) is 15.0. The van der Waals surface area contributed by atoms with Gasteiger partial charge in [-0.2, -0.15) is 13.2 Å². The summed E-state index contributed by atoms with van der Waals surface area (Å²) in [7, 11) is 0. The number of hydrogen-bond donors (Lipinski definition) is 6. The van der Waals surface area contributed by atoms with E-state index in [1.807, 2.05) is 64.1 Å². The highest BCUT2D eigenvalue weighted by Gasteiger charge is 2.37. The van der Waals surface area contributed by atoms with Crippen LogP contribution in [-0.2, 0) is 52.7 Å². The van der Waals surface area contributed by atoms with Gasteiger partial charge < -0.3 is 31.3 Å². The predicted molar refractivity (Wildman–Crippen MR) is 265 cm³/mol. The Hall–Kier alpha value is -5.99. The Bertz CT molecular complexity index is 2820. The van der Waals surface area contributed by atoms with Crippen molar-refractivity contribution in [2.75, 3.05) is 16.0 Å². The monoisotopic (exact) mass is 1020 g/mol. The average Bonchev–Trinajstić information content (AvgIpc) is 3.26. The van der Waals surface area contributed by atoms with Crippen LogP contribution in [-0.4, -0.2) is 33.2 Å². The highest BCUT2D eigenvalue weighted by atomic mass is 35.5.